The lowest BCUT2D eigenvalue weighted by Crippen LogP contribution is -2.53. The molecule has 1 fully saturated rings. The molecule has 4 aliphatic rings. The van der Waals surface area contributed by atoms with Gasteiger partial charge in [0.2, 0.25) is 0 Å². The smallest absolute Gasteiger partial charge is 0.460 e. The second kappa shape index (κ2) is 16.6. The molecule has 1 saturated carbocycles. The molecule has 2 unspecified atom stereocenters. The molecule has 0 amide bonds. The average Bonchev–Trinajstić information content (AvgIpc) is 3.28. The van der Waals surface area contributed by atoms with Crippen molar-refractivity contribution >= 4 is 23.3 Å². The molecule has 1 spiro atoms. The van der Waals surface area contributed by atoms with Crippen molar-refractivity contribution in [3.8, 4) is 17.2 Å². The van der Waals surface area contributed by atoms with Gasteiger partial charge in [-0.2, -0.15) is 13.2 Å². The van der Waals surface area contributed by atoms with E-state index in [2.05, 4.69) is 24.1 Å². The van der Waals surface area contributed by atoms with E-state index in [9.17, 15) is 23.1 Å². The van der Waals surface area contributed by atoms with E-state index < -0.39 is 23.7 Å². The largest absolute Gasteiger partial charge is 0.493 e. The minimum absolute atomic E-state index is 0.0441. The second-order valence-corrected chi connectivity index (χ2v) is 17.0. The predicted molar refractivity (Wildman–Crippen MR) is 208 cm³/mol. The standard InChI is InChI=1S/C43H53ClF3N3O6/c1-27(24-54-36-10-15-48-35-9-4-6-28(2)39(35)36)18-31-19-30-20-37-38(56-26-29(25-55-37)23-50(16-17-53-3)43(45,46)47)22-34(30)41(31)11-13-42(14-12-41,40(51)52)49-33-8-5-7-32(44)21-33/h5,7-8,10,15,20-22,27-29,31,49H,4,6,9,11-14,16-19,23-26H2,1-3H3,(H,51,52)/t27-,28-,29?,31?,41?,42?/m1/s1. The van der Waals surface area contributed by atoms with E-state index in [1.54, 1.807) is 18.2 Å². The Labute approximate surface area is 332 Å². The lowest BCUT2D eigenvalue weighted by Gasteiger charge is -2.47. The number of pyridine rings is 1. The number of methoxy groups -OCH3 is 1. The van der Waals surface area contributed by atoms with Crippen LogP contribution in [0.25, 0.3) is 0 Å². The third-order valence-corrected chi connectivity index (χ3v) is 12.9. The number of aliphatic carboxylic acids is 1. The van der Waals surface area contributed by atoms with Crippen LogP contribution in [0.15, 0.2) is 48.7 Å². The predicted octanol–water partition coefficient (Wildman–Crippen LogP) is 9.06. The van der Waals surface area contributed by atoms with Gasteiger partial charge in [-0.3, -0.25) is 4.98 Å². The number of carbonyl (C=O) groups is 1. The van der Waals surface area contributed by atoms with E-state index in [0.717, 1.165) is 54.7 Å². The van der Waals surface area contributed by atoms with Crippen LogP contribution in [0.1, 0.15) is 87.1 Å². The number of hydrogen-bond acceptors (Lipinski definition) is 8. The van der Waals surface area contributed by atoms with Crippen molar-refractivity contribution in [1.29, 1.82) is 0 Å². The first-order valence-corrected chi connectivity index (χ1v) is 20.3. The number of rotatable bonds is 13. The Morgan fingerprint density at radius 1 is 1.12 bits per heavy atom. The Morgan fingerprint density at radius 3 is 2.57 bits per heavy atom. The van der Waals surface area contributed by atoms with Crippen LogP contribution in [0.3, 0.4) is 0 Å². The number of ether oxygens (including phenoxy) is 4. The maximum atomic E-state index is 13.8. The molecule has 2 N–H and O–H groups in total. The molecule has 13 heteroatoms. The summed E-state index contributed by atoms with van der Waals surface area (Å²) in [7, 11) is 1.38. The molecule has 2 heterocycles. The van der Waals surface area contributed by atoms with E-state index in [1.165, 1.54) is 12.7 Å². The van der Waals surface area contributed by atoms with Crippen LogP contribution in [0.5, 0.6) is 17.2 Å². The van der Waals surface area contributed by atoms with Gasteiger partial charge in [0, 0.05) is 54.3 Å². The molecule has 56 heavy (non-hydrogen) atoms. The van der Waals surface area contributed by atoms with Gasteiger partial charge in [-0.05, 0) is 128 Å². The average molecular weight is 800 g/mol. The zero-order chi connectivity index (χ0) is 39.7. The van der Waals surface area contributed by atoms with Crippen LogP contribution in [0.2, 0.25) is 5.02 Å². The van der Waals surface area contributed by atoms with Crippen molar-refractivity contribution in [3.05, 3.63) is 76.1 Å². The summed E-state index contributed by atoms with van der Waals surface area (Å²) in [6.45, 7) is 4.57. The van der Waals surface area contributed by atoms with Crippen molar-refractivity contribution in [1.82, 2.24) is 9.88 Å². The van der Waals surface area contributed by atoms with Gasteiger partial charge < -0.3 is 29.4 Å². The highest BCUT2D eigenvalue weighted by Crippen LogP contribution is 2.58. The number of anilines is 1. The summed E-state index contributed by atoms with van der Waals surface area (Å²) in [5.74, 6) is 1.34. The molecule has 2 aromatic carbocycles. The van der Waals surface area contributed by atoms with Gasteiger partial charge in [-0.1, -0.05) is 31.5 Å². The first-order valence-electron chi connectivity index (χ1n) is 19.9. The molecule has 1 aliphatic heterocycles. The third kappa shape index (κ3) is 8.43. The molecule has 1 aromatic heterocycles. The number of aryl methyl sites for hydroxylation is 1. The molecule has 3 aliphatic carbocycles. The topological polar surface area (TPSA) is 102 Å². The number of halogens is 4. The van der Waals surface area contributed by atoms with Crippen molar-refractivity contribution in [3.63, 3.8) is 0 Å². The summed E-state index contributed by atoms with van der Waals surface area (Å²) < 4.78 is 65.5. The number of aromatic nitrogens is 1. The number of nitrogens with one attached hydrogen (secondary N) is 1. The Balaban J connectivity index is 1.13. The van der Waals surface area contributed by atoms with E-state index in [1.807, 2.05) is 30.5 Å². The Hall–Kier alpha value is -3.74. The van der Waals surface area contributed by atoms with Crippen LogP contribution in [-0.2, 0) is 27.8 Å². The number of alkyl halides is 3. The molecule has 304 valence electrons. The summed E-state index contributed by atoms with van der Waals surface area (Å²) in [6.07, 6.45) is 4.21. The van der Waals surface area contributed by atoms with E-state index >= 15 is 0 Å². The van der Waals surface area contributed by atoms with Crippen LogP contribution < -0.4 is 19.5 Å². The fraction of sp³-hybridized carbons (Fsp3) is 0.581. The normalized spacial score (nSPS) is 26.3. The van der Waals surface area contributed by atoms with Crippen LogP contribution >= 0.6 is 11.6 Å². The zero-order valence-electron chi connectivity index (χ0n) is 32.4. The van der Waals surface area contributed by atoms with E-state index in [4.69, 9.17) is 30.5 Å². The fourth-order valence-electron chi connectivity index (χ4n) is 9.74. The first kappa shape index (κ1) is 40.5. The number of hydrogen-bond donors (Lipinski definition) is 2. The summed E-state index contributed by atoms with van der Waals surface area (Å²) in [6, 6.07) is 13.2. The van der Waals surface area contributed by atoms with E-state index in [0.29, 0.717) is 65.3 Å². The van der Waals surface area contributed by atoms with Crippen molar-refractivity contribution in [2.45, 2.75) is 94.8 Å². The van der Waals surface area contributed by atoms with Gasteiger partial charge in [0.25, 0.3) is 0 Å². The Morgan fingerprint density at radius 2 is 1.88 bits per heavy atom. The van der Waals surface area contributed by atoms with Crippen LogP contribution in [0, 0.1) is 17.8 Å². The third-order valence-electron chi connectivity index (χ3n) is 12.7. The van der Waals surface area contributed by atoms with Gasteiger partial charge in [-0.15, -0.1) is 0 Å². The van der Waals surface area contributed by atoms with Crippen LogP contribution in [0.4, 0.5) is 18.9 Å². The lowest BCUT2D eigenvalue weighted by atomic mass is 9.59. The fourth-order valence-corrected chi connectivity index (χ4v) is 9.93. The lowest BCUT2D eigenvalue weighted by molar-refractivity contribution is -0.251. The highest BCUT2D eigenvalue weighted by atomic mass is 35.5. The zero-order valence-corrected chi connectivity index (χ0v) is 33.2. The maximum Gasteiger partial charge on any atom is 0.460 e. The van der Waals surface area contributed by atoms with Gasteiger partial charge in [-0.25, -0.2) is 9.69 Å². The minimum atomic E-state index is -4.51. The minimum Gasteiger partial charge on any atom is -0.493 e. The maximum absolute atomic E-state index is 13.8. The SMILES string of the molecule is COCCN(CC1COc2cc3c(cc2OC1)C1(CCC(Nc2cccc(Cl)c2)(C(=O)O)CC1)C(C[C@@H](C)COc1ccnc2c1[C@H](C)CCC2)C3)C(F)(F)F. The monoisotopic (exact) mass is 799 g/mol. The van der Waals surface area contributed by atoms with Crippen molar-refractivity contribution in [2.75, 3.05) is 51.9 Å². The van der Waals surface area contributed by atoms with E-state index in [-0.39, 0.29) is 50.2 Å². The molecule has 3 aromatic rings. The molecule has 9 nitrogen and oxygen atoms in total. The van der Waals surface area contributed by atoms with Gasteiger partial charge in [0.1, 0.15) is 11.3 Å². The van der Waals surface area contributed by atoms with Crippen LogP contribution in [-0.4, -0.2) is 79.4 Å². The number of benzene rings is 2. The number of nitrogens with zero attached hydrogens (tertiary/aromatic N) is 2. The van der Waals surface area contributed by atoms with Gasteiger partial charge >= 0.3 is 12.3 Å². The summed E-state index contributed by atoms with van der Waals surface area (Å²) >= 11 is 6.28. The summed E-state index contributed by atoms with van der Waals surface area (Å²) in [5, 5.41) is 14.5. The molecule has 7 rings (SSSR count). The molecule has 0 radical (unpaired) electrons. The number of carboxylic acid groups (broad SMARTS) is 1. The number of carboxylic acids is 1. The molecule has 0 saturated heterocycles. The van der Waals surface area contributed by atoms with Gasteiger partial charge in [0.05, 0.1) is 26.4 Å². The summed E-state index contributed by atoms with van der Waals surface area (Å²) in [5.41, 5.74) is 3.73. The highest BCUT2D eigenvalue weighted by molar-refractivity contribution is 6.30. The summed E-state index contributed by atoms with van der Waals surface area (Å²) in [4.78, 5) is 18.1. The number of fused-ring (bicyclic) bond motifs is 4. The van der Waals surface area contributed by atoms with Crippen molar-refractivity contribution < 1.29 is 42.0 Å². The molecule has 0 bridgehead atoms. The highest BCUT2D eigenvalue weighted by Gasteiger charge is 2.54. The molecule has 4 atom stereocenters. The molecular formula is C43H53ClF3N3O6. The van der Waals surface area contributed by atoms with Gasteiger partial charge in [0.15, 0.2) is 11.5 Å². The Kier molecular flexibility index (Phi) is 12.0. The second-order valence-electron chi connectivity index (χ2n) is 16.5. The molecular weight excluding hydrogens is 747 g/mol. The quantitative estimate of drug-likeness (QED) is 0.164. The van der Waals surface area contributed by atoms with Crippen molar-refractivity contribution in [2.24, 2.45) is 17.8 Å². The Bertz CT molecular complexity index is 1870. The first-order chi connectivity index (χ1) is 26.8.